The number of nitrogens with one attached hydrogen (secondary N) is 3. The molecule has 1 aliphatic heterocycles. The number of piperidine rings is 1. The van der Waals surface area contributed by atoms with Crippen LogP contribution in [0.15, 0.2) is 22.5 Å². The second-order valence-electron chi connectivity index (χ2n) is 6.37. The van der Waals surface area contributed by atoms with Crippen LogP contribution in [0.1, 0.15) is 35.4 Å². The fourth-order valence-corrected chi connectivity index (χ4v) is 3.67. The summed E-state index contributed by atoms with van der Waals surface area (Å²) >= 11 is 1.45. The van der Waals surface area contributed by atoms with Crippen LogP contribution < -0.4 is 16.0 Å². The second-order valence-corrected chi connectivity index (χ2v) is 7.32. The van der Waals surface area contributed by atoms with Crippen LogP contribution in [0, 0.1) is 5.92 Å². The smallest absolute Gasteiger partial charge is 0.261 e. The van der Waals surface area contributed by atoms with Crippen LogP contribution in [-0.2, 0) is 4.79 Å². The van der Waals surface area contributed by atoms with E-state index in [1.54, 1.807) is 14.1 Å². The van der Waals surface area contributed by atoms with E-state index in [-0.39, 0.29) is 35.8 Å². The average Bonchev–Trinajstić information content (AvgIpc) is 3.20. The molecule has 2 rings (SSSR count). The van der Waals surface area contributed by atoms with Gasteiger partial charge in [0.2, 0.25) is 5.91 Å². The van der Waals surface area contributed by atoms with Crippen LogP contribution in [0.3, 0.4) is 0 Å². The number of hydrogen-bond acceptors (Lipinski definition) is 4. The maximum absolute atomic E-state index is 11.9. The van der Waals surface area contributed by atoms with Crippen LogP contribution >= 0.6 is 35.3 Å². The first-order valence-electron chi connectivity index (χ1n) is 9.12. The Balaban J connectivity index is 0.00000364. The molecule has 0 saturated carbocycles. The molecule has 1 fully saturated rings. The number of aliphatic imine (C=N–C) groups is 1. The summed E-state index contributed by atoms with van der Waals surface area (Å²) in [6.45, 7) is 3.22. The number of thiophene rings is 1. The SMILES string of the molecule is CN=C(NCCCNC(=O)c1cccs1)N1CCC(CC(=O)NC)CC1.I. The zero-order valence-electron chi connectivity index (χ0n) is 16.0. The molecule has 0 spiro atoms. The molecule has 2 heterocycles. The fraction of sp³-hybridized carbons (Fsp3) is 0.611. The highest BCUT2D eigenvalue weighted by molar-refractivity contribution is 14.0. The molecule has 1 aliphatic rings. The highest BCUT2D eigenvalue weighted by Gasteiger charge is 2.22. The lowest BCUT2D eigenvalue weighted by molar-refractivity contribution is -0.121. The zero-order valence-corrected chi connectivity index (χ0v) is 19.1. The summed E-state index contributed by atoms with van der Waals surface area (Å²) in [5, 5.41) is 10.9. The maximum Gasteiger partial charge on any atom is 0.261 e. The largest absolute Gasteiger partial charge is 0.359 e. The van der Waals surface area contributed by atoms with E-state index in [9.17, 15) is 9.59 Å². The molecule has 1 aromatic heterocycles. The van der Waals surface area contributed by atoms with E-state index >= 15 is 0 Å². The molecule has 0 aromatic carbocycles. The lowest BCUT2D eigenvalue weighted by Gasteiger charge is -2.34. The number of nitrogens with zero attached hydrogens (tertiary/aromatic N) is 2. The highest BCUT2D eigenvalue weighted by atomic mass is 127. The molecule has 0 aliphatic carbocycles. The van der Waals surface area contributed by atoms with E-state index in [4.69, 9.17) is 0 Å². The lowest BCUT2D eigenvalue weighted by atomic mass is 9.93. The minimum Gasteiger partial charge on any atom is -0.359 e. The average molecular weight is 507 g/mol. The van der Waals surface area contributed by atoms with Gasteiger partial charge in [-0.05, 0) is 36.6 Å². The molecule has 7 nitrogen and oxygen atoms in total. The summed E-state index contributed by atoms with van der Waals surface area (Å²) < 4.78 is 0. The van der Waals surface area contributed by atoms with Crippen molar-refractivity contribution >= 4 is 53.1 Å². The summed E-state index contributed by atoms with van der Waals surface area (Å²) in [6.07, 6.45) is 3.46. The quantitative estimate of drug-likeness (QED) is 0.228. The van der Waals surface area contributed by atoms with Gasteiger partial charge in [-0.25, -0.2) is 0 Å². The van der Waals surface area contributed by atoms with Crippen LogP contribution in [0.4, 0.5) is 0 Å². The van der Waals surface area contributed by atoms with Gasteiger partial charge in [-0.15, -0.1) is 35.3 Å². The van der Waals surface area contributed by atoms with Crippen molar-refractivity contribution in [1.29, 1.82) is 0 Å². The van der Waals surface area contributed by atoms with E-state index in [0.717, 1.165) is 49.7 Å². The van der Waals surface area contributed by atoms with Crippen molar-refractivity contribution in [2.45, 2.75) is 25.7 Å². The molecule has 152 valence electrons. The zero-order chi connectivity index (χ0) is 18.8. The topological polar surface area (TPSA) is 85.8 Å². The van der Waals surface area contributed by atoms with Crippen molar-refractivity contribution in [2.24, 2.45) is 10.9 Å². The number of halogens is 1. The summed E-state index contributed by atoms with van der Waals surface area (Å²) in [6, 6.07) is 3.71. The van der Waals surface area contributed by atoms with Gasteiger partial charge in [-0.1, -0.05) is 6.07 Å². The van der Waals surface area contributed by atoms with Gasteiger partial charge in [0.25, 0.3) is 5.91 Å². The fourth-order valence-electron chi connectivity index (χ4n) is 3.03. The number of hydrogen-bond donors (Lipinski definition) is 3. The Morgan fingerprint density at radius 2 is 1.96 bits per heavy atom. The molecule has 3 N–H and O–H groups in total. The Morgan fingerprint density at radius 1 is 1.26 bits per heavy atom. The summed E-state index contributed by atoms with van der Waals surface area (Å²) in [5.41, 5.74) is 0. The molecular formula is C18H30IN5O2S. The molecule has 0 radical (unpaired) electrons. The molecule has 1 saturated heterocycles. The number of guanidine groups is 1. The van der Waals surface area contributed by atoms with E-state index in [2.05, 4.69) is 25.8 Å². The van der Waals surface area contributed by atoms with Gasteiger partial charge in [0.05, 0.1) is 4.88 Å². The molecule has 9 heteroatoms. The lowest BCUT2D eigenvalue weighted by Crippen LogP contribution is -2.46. The summed E-state index contributed by atoms with van der Waals surface area (Å²) in [7, 11) is 3.48. The molecule has 0 unspecified atom stereocenters. The van der Waals surface area contributed by atoms with E-state index in [1.165, 1.54) is 11.3 Å². The number of amides is 2. The third kappa shape index (κ3) is 8.04. The van der Waals surface area contributed by atoms with E-state index in [1.807, 2.05) is 17.5 Å². The Bertz CT molecular complexity index is 601. The Morgan fingerprint density at radius 3 is 2.56 bits per heavy atom. The minimum absolute atomic E-state index is 0. The third-order valence-corrected chi connectivity index (χ3v) is 5.41. The van der Waals surface area contributed by atoms with Crippen molar-refractivity contribution in [3.05, 3.63) is 22.4 Å². The minimum atomic E-state index is -0.0115. The van der Waals surface area contributed by atoms with Gasteiger partial charge in [0.15, 0.2) is 5.96 Å². The second kappa shape index (κ2) is 12.9. The Kier molecular flexibility index (Phi) is 11.3. The first-order valence-corrected chi connectivity index (χ1v) is 10.00. The van der Waals surface area contributed by atoms with Crippen molar-refractivity contribution in [1.82, 2.24) is 20.9 Å². The predicted octanol–water partition coefficient (Wildman–Crippen LogP) is 1.91. The highest BCUT2D eigenvalue weighted by Crippen LogP contribution is 2.20. The van der Waals surface area contributed by atoms with Gasteiger partial charge in [-0.2, -0.15) is 0 Å². The van der Waals surface area contributed by atoms with Crippen LogP contribution in [-0.4, -0.2) is 62.9 Å². The molecular weight excluding hydrogens is 477 g/mol. The summed E-state index contributed by atoms with van der Waals surface area (Å²) in [4.78, 5) is 30.7. The normalized spacial score (nSPS) is 15.0. The molecule has 0 bridgehead atoms. The van der Waals surface area contributed by atoms with Gasteiger partial charge in [0, 0.05) is 46.7 Å². The van der Waals surface area contributed by atoms with Gasteiger partial charge in [-0.3, -0.25) is 14.6 Å². The monoisotopic (exact) mass is 507 g/mol. The third-order valence-electron chi connectivity index (χ3n) is 4.55. The van der Waals surface area contributed by atoms with Gasteiger partial charge >= 0.3 is 0 Å². The molecule has 0 atom stereocenters. The summed E-state index contributed by atoms with van der Waals surface area (Å²) in [5.74, 6) is 1.46. The van der Waals surface area contributed by atoms with E-state index in [0.29, 0.717) is 18.9 Å². The van der Waals surface area contributed by atoms with Crippen molar-refractivity contribution in [3.63, 3.8) is 0 Å². The standard InChI is InChI=1S/C18H29N5O2S.HI/c1-19-16(24)13-14-6-10-23(11-7-14)18(20-2)22-9-4-8-21-17(25)15-5-3-12-26-15;/h3,5,12,14H,4,6-11,13H2,1-2H3,(H,19,24)(H,20,22)(H,21,25);1H. The van der Waals surface area contributed by atoms with Crippen molar-refractivity contribution in [3.8, 4) is 0 Å². The first kappa shape index (κ1) is 23.7. The van der Waals surface area contributed by atoms with Crippen molar-refractivity contribution in [2.75, 3.05) is 40.3 Å². The van der Waals surface area contributed by atoms with E-state index < -0.39 is 0 Å². The van der Waals surface area contributed by atoms with Gasteiger partial charge < -0.3 is 20.9 Å². The van der Waals surface area contributed by atoms with Crippen molar-refractivity contribution < 1.29 is 9.59 Å². The van der Waals surface area contributed by atoms with Crippen LogP contribution in [0.25, 0.3) is 0 Å². The Labute approximate surface area is 182 Å². The number of likely N-dealkylation sites (tertiary alicyclic amines) is 1. The van der Waals surface area contributed by atoms with Gasteiger partial charge in [0.1, 0.15) is 0 Å². The van der Waals surface area contributed by atoms with Crippen LogP contribution in [0.2, 0.25) is 0 Å². The molecule has 27 heavy (non-hydrogen) atoms. The maximum atomic E-state index is 11.9. The first-order chi connectivity index (χ1) is 12.6. The number of carbonyl (C=O) groups is 2. The number of rotatable bonds is 7. The van der Waals surface area contributed by atoms with Crippen LogP contribution in [0.5, 0.6) is 0 Å². The Hall–Kier alpha value is -1.36. The number of carbonyl (C=O) groups excluding carboxylic acids is 2. The molecule has 2 amide bonds. The molecule has 1 aromatic rings. The predicted molar refractivity (Wildman–Crippen MR) is 121 cm³/mol.